The van der Waals surface area contributed by atoms with Gasteiger partial charge in [0, 0.05) is 29.8 Å². The topological polar surface area (TPSA) is 82.1 Å². The molecule has 0 radical (unpaired) electrons. The predicted molar refractivity (Wildman–Crippen MR) is 129 cm³/mol. The van der Waals surface area contributed by atoms with Gasteiger partial charge in [0.25, 0.3) is 11.6 Å². The van der Waals surface area contributed by atoms with Crippen molar-refractivity contribution in [2.75, 3.05) is 0 Å². The second-order valence-electron chi connectivity index (χ2n) is 8.40. The van der Waals surface area contributed by atoms with E-state index in [1.54, 1.807) is 17.8 Å². The lowest BCUT2D eigenvalue weighted by Gasteiger charge is -2.15. The van der Waals surface area contributed by atoms with Crippen molar-refractivity contribution in [2.24, 2.45) is 7.05 Å². The first kappa shape index (κ1) is 22.3. The molecule has 2 aromatic carbocycles. The molecule has 35 heavy (non-hydrogen) atoms. The minimum Gasteiger partial charge on any atom is -0.858 e. The highest BCUT2D eigenvalue weighted by Crippen LogP contribution is 2.39. The molecule has 0 unspecified atom stereocenters. The van der Waals surface area contributed by atoms with Crippen LogP contribution in [-0.2, 0) is 29.6 Å². The van der Waals surface area contributed by atoms with Crippen LogP contribution in [0.15, 0.2) is 85.2 Å². The first-order valence-corrected chi connectivity index (χ1v) is 11.4. The van der Waals surface area contributed by atoms with Gasteiger partial charge in [-0.2, -0.15) is 9.67 Å². The number of carbonyl (C=O) groups is 2. The molecule has 7 heteroatoms. The van der Waals surface area contributed by atoms with Crippen molar-refractivity contribution in [3.63, 3.8) is 0 Å². The fourth-order valence-corrected chi connectivity index (χ4v) is 4.34. The van der Waals surface area contributed by atoms with E-state index in [0.717, 1.165) is 17.5 Å². The summed E-state index contributed by atoms with van der Waals surface area (Å²) in [5.74, 6) is -1.38. The van der Waals surface area contributed by atoms with Crippen LogP contribution in [0.25, 0.3) is 22.5 Å². The van der Waals surface area contributed by atoms with Crippen molar-refractivity contribution in [2.45, 2.75) is 19.9 Å². The summed E-state index contributed by atoms with van der Waals surface area (Å²) in [5, 5.41) is 17.8. The molecule has 0 fully saturated rings. The Morgan fingerprint density at radius 3 is 2.23 bits per heavy atom. The number of nitrogens with zero attached hydrogens (tertiary/aromatic N) is 4. The summed E-state index contributed by atoms with van der Waals surface area (Å²) >= 11 is 0. The van der Waals surface area contributed by atoms with E-state index in [9.17, 15) is 14.7 Å². The maximum Gasteiger partial charge on any atom is 0.327 e. The molecule has 1 aliphatic heterocycles. The second kappa shape index (κ2) is 9.02. The molecule has 7 nitrogen and oxygen atoms in total. The largest absolute Gasteiger partial charge is 0.858 e. The van der Waals surface area contributed by atoms with E-state index in [1.807, 2.05) is 85.9 Å². The first-order chi connectivity index (χ1) is 17.0. The normalized spacial score (nSPS) is 13.7. The Morgan fingerprint density at radius 2 is 1.54 bits per heavy atom. The fourth-order valence-electron chi connectivity index (χ4n) is 4.34. The van der Waals surface area contributed by atoms with Crippen LogP contribution in [0.5, 0.6) is 5.88 Å². The predicted octanol–water partition coefficient (Wildman–Crippen LogP) is 2.95. The zero-order chi connectivity index (χ0) is 24.5. The van der Waals surface area contributed by atoms with Crippen LogP contribution < -0.4 is 9.67 Å². The van der Waals surface area contributed by atoms with E-state index in [-0.39, 0.29) is 23.4 Å². The standard InChI is InChI=1S/C28H24N4O3/c1-3-19-13-10-16-31(17-19)25-23(27(34)32(28(25)35)18-20-11-6-4-7-12-20)22-24(29-30(2)26(22)33)21-14-8-5-9-15-21/h4-17H,3,18H2,1-2H3. The van der Waals surface area contributed by atoms with Crippen LogP contribution in [-0.4, -0.2) is 26.5 Å². The van der Waals surface area contributed by atoms with Crippen molar-refractivity contribution in [1.82, 2.24) is 14.7 Å². The van der Waals surface area contributed by atoms with E-state index in [1.165, 1.54) is 9.58 Å². The quantitative estimate of drug-likeness (QED) is 0.325. The number of amides is 2. The molecule has 5 rings (SSSR count). The van der Waals surface area contributed by atoms with Crippen molar-refractivity contribution < 1.29 is 19.3 Å². The minimum atomic E-state index is -0.509. The molecule has 4 aromatic rings. The number of aryl methyl sites for hydroxylation is 2. The number of hydrogen-bond donors (Lipinski definition) is 0. The summed E-state index contributed by atoms with van der Waals surface area (Å²) in [6, 6.07) is 22.3. The van der Waals surface area contributed by atoms with Crippen molar-refractivity contribution in [1.29, 1.82) is 0 Å². The summed E-state index contributed by atoms with van der Waals surface area (Å²) in [6.45, 7) is 2.12. The Balaban J connectivity index is 1.74. The third-order valence-corrected chi connectivity index (χ3v) is 6.15. The van der Waals surface area contributed by atoms with Crippen molar-refractivity contribution in [3.8, 4) is 17.1 Å². The molecule has 0 spiro atoms. The van der Waals surface area contributed by atoms with Gasteiger partial charge in [-0.1, -0.05) is 67.6 Å². The van der Waals surface area contributed by atoms with Crippen LogP contribution in [0.1, 0.15) is 23.6 Å². The van der Waals surface area contributed by atoms with E-state index in [2.05, 4.69) is 5.10 Å². The number of imide groups is 1. The number of aromatic nitrogens is 3. The number of benzene rings is 2. The van der Waals surface area contributed by atoms with Crippen LogP contribution >= 0.6 is 0 Å². The highest BCUT2D eigenvalue weighted by atomic mass is 16.3. The number of pyridine rings is 1. The molecule has 0 N–H and O–H groups in total. The summed E-state index contributed by atoms with van der Waals surface area (Å²) in [4.78, 5) is 28.8. The monoisotopic (exact) mass is 464 g/mol. The molecule has 0 bridgehead atoms. The van der Waals surface area contributed by atoms with Gasteiger partial charge in [0.15, 0.2) is 12.4 Å². The Hall–Kier alpha value is -4.52. The lowest BCUT2D eigenvalue weighted by atomic mass is 10.00. The SMILES string of the molecule is CCc1ccc[n+](C2=C(c3c(-c4ccccc4)nn(C)c3[O-])C(=O)N(Cc3ccccc3)C2=O)c1. The molecule has 1 aliphatic rings. The van der Waals surface area contributed by atoms with Gasteiger partial charge in [0.2, 0.25) is 0 Å². The van der Waals surface area contributed by atoms with E-state index in [4.69, 9.17) is 0 Å². The molecule has 2 aromatic heterocycles. The lowest BCUT2D eigenvalue weighted by Crippen LogP contribution is -2.39. The van der Waals surface area contributed by atoms with Crippen LogP contribution in [0.2, 0.25) is 0 Å². The summed E-state index contributed by atoms with van der Waals surface area (Å²) in [6.07, 6.45) is 4.32. The van der Waals surface area contributed by atoms with E-state index < -0.39 is 17.7 Å². The van der Waals surface area contributed by atoms with Crippen molar-refractivity contribution >= 4 is 23.1 Å². The van der Waals surface area contributed by atoms with Gasteiger partial charge in [-0.05, 0) is 23.9 Å². The molecule has 3 heterocycles. The highest BCUT2D eigenvalue weighted by molar-refractivity contribution is 6.45. The smallest absolute Gasteiger partial charge is 0.327 e. The van der Waals surface area contributed by atoms with E-state index in [0.29, 0.717) is 11.3 Å². The summed E-state index contributed by atoms with van der Waals surface area (Å²) in [7, 11) is 1.55. The average Bonchev–Trinajstić information content (AvgIpc) is 3.32. The summed E-state index contributed by atoms with van der Waals surface area (Å²) < 4.78 is 2.87. The van der Waals surface area contributed by atoms with Gasteiger partial charge < -0.3 is 5.11 Å². The van der Waals surface area contributed by atoms with Crippen LogP contribution in [0, 0.1) is 0 Å². The van der Waals surface area contributed by atoms with Gasteiger partial charge >= 0.3 is 5.91 Å². The second-order valence-corrected chi connectivity index (χ2v) is 8.40. The molecular formula is C28H24N4O3. The minimum absolute atomic E-state index is 0.0705. The molecule has 174 valence electrons. The van der Waals surface area contributed by atoms with Crippen LogP contribution in [0.4, 0.5) is 0 Å². The zero-order valence-corrected chi connectivity index (χ0v) is 19.5. The van der Waals surface area contributed by atoms with Gasteiger partial charge in [0.05, 0.1) is 12.2 Å². The van der Waals surface area contributed by atoms with Gasteiger partial charge in [0.1, 0.15) is 5.57 Å². The van der Waals surface area contributed by atoms with Gasteiger partial charge in [-0.3, -0.25) is 19.2 Å². The Bertz CT molecular complexity index is 1460. The molecular weight excluding hydrogens is 440 g/mol. The van der Waals surface area contributed by atoms with Crippen LogP contribution in [0.3, 0.4) is 0 Å². The maximum atomic E-state index is 13.9. The first-order valence-electron chi connectivity index (χ1n) is 11.4. The molecule has 0 atom stereocenters. The maximum absolute atomic E-state index is 13.9. The lowest BCUT2D eigenvalue weighted by molar-refractivity contribution is -0.577. The summed E-state index contributed by atoms with van der Waals surface area (Å²) in [5.41, 5.74) is 3.25. The Kier molecular flexibility index (Phi) is 5.74. The van der Waals surface area contributed by atoms with Crippen molar-refractivity contribution in [3.05, 3.63) is 102 Å². The molecule has 0 saturated heterocycles. The number of carbonyl (C=O) groups excluding carboxylic acids is 2. The molecule has 0 saturated carbocycles. The Labute approximate surface area is 203 Å². The van der Waals surface area contributed by atoms with Gasteiger partial charge in [-0.15, -0.1) is 0 Å². The third kappa shape index (κ3) is 3.91. The highest BCUT2D eigenvalue weighted by Gasteiger charge is 2.46. The number of rotatable bonds is 6. The fraction of sp³-hybridized carbons (Fsp3) is 0.143. The molecule has 2 amide bonds. The number of hydrogen-bond acceptors (Lipinski definition) is 4. The molecule has 0 aliphatic carbocycles. The third-order valence-electron chi connectivity index (χ3n) is 6.15. The van der Waals surface area contributed by atoms with Gasteiger partial charge in [-0.25, -0.2) is 0 Å². The Morgan fingerprint density at radius 1 is 0.886 bits per heavy atom. The van der Waals surface area contributed by atoms with E-state index >= 15 is 0 Å². The zero-order valence-electron chi connectivity index (χ0n) is 19.5. The average molecular weight is 465 g/mol.